The van der Waals surface area contributed by atoms with E-state index in [9.17, 15) is 4.79 Å². The minimum Gasteiger partial charge on any atom is -0.464 e. The molecule has 0 radical (unpaired) electrons. The topological polar surface area (TPSA) is 38.3 Å². The van der Waals surface area contributed by atoms with Gasteiger partial charge in [-0.15, -0.1) is 0 Å². The van der Waals surface area contributed by atoms with E-state index in [0.29, 0.717) is 6.61 Å². The number of ether oxygens (including phenoxy) is 1. The lowest BCUT2D eigenvalue weighted by Crippen LogP contribution is -2.28. The van der Waals surface area contributed by atoms with E-state index >= 15 is 0 Å². The first-order valence-corrected chi connectivity index (χ1v) is 6.69. The molecule has 0 saturated carbocycles. The number of anilines is 1. The molecule has 1 N–H and O–H groups in total. The van der Waals surface area contributed by atoms with Crippen molar-refractivity contribution in [2.45, 2.75) is 46.1 Å². The Balaban J connectivity index is 2.50. The van der Waals surface area contributed by atoms with Gasteiger partial charge in [-0.05, 0) is 44.4 Å². The van der Waals surface area contributed by atoms with Gasteiger partial charge in [0.25, 0.3) is 0 Å². The number of nitrogens with one attached hydrogen (secondary N) is 1. The highest BCUT2D eigenvalue weighted by atomic mass is 16.5. The number of esters is 1. The fraction of sp³-hybridized carbons (Fsp3) is 0.533. The second-order valence-corrected chi connectivity index (χ2v) is 4.42. The highest BCUT2D eigenvalue weighted by Gasteiger charge is 2.12. The summed E-state index contributed by atoms with van der Waals surface area (Å²) in [4.78, 5) is 11.5. The van der Waals surface area contributed by atoms with Crippen LogP contribution in [0.3, 0.4) is 0 Å². The van der Waals surface area contributed by atoms with Gasteiger partial charge in [-0.2, -0.15) is 0 Å². The molecule has 1 atom stereocenters. The molecule has 0 aliphatic heterocycles. The maximum absolute atomic E-state index is 11.5. The van der Waals surface area contributed by atoms with Gasteiger partial charge in [-0.1, -0.05) is 25.5 Å². The number of aryl methyl sites for hydroxylation is 1. The van der Waals surface area contributed by atoms with E-state index in [4.69, 9.17) is 4.74 Å². The molecule has 0 aliphatic rings. The maximum Gasteiger partial charge on any atom is 0.328 e. The number of hydrogen-bond acceptors (Lipinski definition) is 3. The molecule has 0 bridgehead atoms. The fourth-order valence-electron chi connectivity index (χ4n) is 1.72. The van der Waals surface area contributed by atoms with Crippen LogP contribution in [-0.4, -0.2) is 18.6 Å². The maximum atomic E-state index is 11.5. The molecular weight excluding hydrogens is 226 g/mol. The first-order valence-electron chi connectivity index (χ1n) is 6.69. The van der Waals surface area contributed by atoms with Crippen LogP contribution in [0.1, 0.15) is 39.2 Å². The Morgan fingerprint density at radius 1 is 1.28 bits per heavy atom. The van der Waals surface area contributed by atoms with Gasteiger partial charge in [0.15, 0.2) is 0 Å². The van der Waals surface area contributed by atoms with Gasteiger partial charge in [0.05, 0.1) is 6.61 Å². The van der Waals surface area contributed by atoms with Gasteiger partial charge in [0, 0.05) is 5.69 Å². The average Bonchev–Trinajstić information content (AvgIpc) is 2.38. The Kier molecular flexibility index (Phi) is 6.26. The average molecular weight is 249 g/mol. The van der Waals surface area contributed by atoms with Crippen molar-refractivity contribution in [2.24, 2.45) is 0 Å². The molecule has 100 valence electrons. The molecule has 1 aromatic carbocycles. The first kappa shape index (κ1) is 14.6. The number of carbonyl (C=O) groups excluding carboxylic acids is 1. The molecule has 1 aromatic rings. The molecule has 0 heterocycles. The predicted octanol–water partition coefficient (Wildman–Crippen LogP) is 3.39. The molecule has 1 rings (SSSR count). The number of benzene rings is 1. The highest BCUT2D eigenvalue weighted by Crippen LogP contribution is 2.13. The van der Waals surface area contributed by atoms with E-state index in [2.05, 4.69) is 24.4 Å². The van der Waals surface area contributed by atoms with Crippen molar-refractivity contribution in [3.05, 3.63) is 29.8 Å². The van der Waals surface area contributed by atoms with Gasteiger partial charge in [0.2, 0.25) is 0 Å². The number of carbonyl (C=O) groups is 1. The molecule has 0 saturated heterocycles. The second-order valence-electron chi connectivity index (χ2n) is 4.42. The quantitative estimate of drug-likeness (QED) is 0.753. The van der Waals surface area contributed by atoms with Crippen LogP contribution in [0.15, 0.2) is 24.3 Å². The lowest BCUT2D eigenvalue weighted by atomic mass is 10.1. The normalized spacial score (nSPS) is 11.9. The van der Waals surface area contributed by atoms with E-state index in [1.165, 1.54) is 18.4 Å². The van der Waals surface area contributed by atoms with Crippen molar-refractivity contribution in [1.29, 1.82) is 0 Å². The summed E-state index contributed by atoms with van der Waals surface area (Å²) in [6.45, 7) is 6.23. The van der Waals surface area contributed by atoms with Crippen LogP contribution < -0.4 is 5.32 Å². The molecule has 0 fully saturated rings. The lowest BCUT2D eigenvalue weighted by molar-refractivity contribution is -0.143. The van der Waals surface area contributed by atoms with Gasteiger partial charge in [0.1, 0.15) is 6.04 Å². The number of rotatable bonds is 7. The SMILES string of the molecule is CCCCc1ccc(NC(C)C(=O)OCC)cc1. The van der Waals surface area contributed by atoms with Gasteiger partial charge >= 0.3 is 5.97 Å². The molecule has 0 amide bonds. The minimum absolute atomic E-state index is 0.215. The highest BCUT2D eigenvalue weighted by molar-refractivity contribution is 5.78. The van der Waals surface area contributed by atoms with Crippen molar-refractivity contribution in [3.63, 3.8) is 0 Å². The standard InChI is InChI=1S/C15H23NO2/c1-4-6-7-13-8-10-14(11-9-13)16-12(3)15(17)18-5-2/h8-12,16H,4-7H2,1-3H3. The third kappa shape index (κ3) is 4.78. The van der Waals surface area contributed by atoms with Crippen LogP contribution in [0, 0.1) is 0 Å². The van der Waals surface area contributed by atoms with Crippen LogP contribution in [-0.2, 0) is 16.0 Å². The summed E-state index contributed by atoms with van der Waals surface area (Å²) in [6.07, 6.45) is 3.54. The lowest BCUT2D eigenvalue weighted by Gasteiger charge is -2.14. The zero-order valence-electron chi connectivity index (χ0n) is 11.5. The van der Waals surface area contributed by atoms with E-state index in [1.54, 1.807) is 0 Å². The smallest absolute Gasteiger partial charge is 0.328 e. The van der Waals surface area contributed by atoms with Gasteiger partial charge in [-0.25, -0.2) is 4.79 Å². The largest absolute Gasteiger partial charge is 0.464 e. The Labute approximate surface area is 110 Å². The van der Waals surface area contributed by atoms with E-state index in [1.807, 2.05) is 26.0 Å². The third-order valence-electron chi connectivity index (χ3n) is 2.80. The summed E-state index contributed by atoms with van der Waals surface area (Å²) in [5.74, 6) is -0.215. The second kappa shape index (κ2) is 7.75. The van der Waals surface area contributed by atoms with Crippen LogP contribution in [0.25, 0.3) is 0 Å². The van der Waals surface area contributed by atoms with Crippen molar-refractivity contribution < 1.29 is 9.53 Å². The predicted molar refractivity (Wildman–Crippen MR) is 74.8 cm³/mol. The van der Waals surface area contributed by atoms with Crippen LogP contribution >= 0.6 is 0 Å². The molecule has 0 aromatic heterocycles. The van der Waals surface area contributed by atoms with E-state index in [-0.39, 0.29) is 12.0 Å². The molecule has 1 unspecified atom stereocenters. The summed E-state index contributed by atoms with van der Waals surface area (Å²) in [6, 6.07) is 7.93. The molecule has 3 heteroatoms. The summed E-state index contributed by atoms with van der Waals surface area (Å²) in [5, 5.41) is 3.14. The van der Waals surface area contributed by atoms with Crippen molar-refractivity contribution in [3.8, 4) is 0 Å². The summed E-state index contributed by atoms with van der Waals surface area (Å²) in [5.41, 5.74) is 2.29. The summed E-state index contributed by atoms with van der Waals surface area (Å²) >= 11 is 0. The zero-order valence-corrected chi connectivity index (χ0v) is 11.5. The molecule has 0 aliphatic carbocycles. The van der Waals surface area contributed by atoms with Crippen LogP contribution in [0.2, 0.25) is 0 Å². The molecular formula is C15H23NO2. The Morgan fingerprint density at radius 2 is 1.94 bits per heavy atom. The Hall–Kier alpha value is -1.51. The fourth-order valence-corrected chi connectivity index (χ4v) is 1.72. The Morgan fingerprint density at radius 3 is 2.50 bits per heavy atom. The number of unbranched alkanes of at least 4 members (excludes halogenated alkanes) is 1. The summed E-state index contributed by atoms with van der Waals surface area (Å²) < 4.78 is 4.95. The van der Waals surface area contributed by atoms with Crippen molar-refractivity contribution in [1.82, 2.24) is 0 Å². The van der Waals surface area contributed by atoms with E-state index in [0.717, 1.165) is 12.1 Å². The van der Waals surface area contributed by atoms with Crippen LogP contribution in [0.5, 0.6) is 0 Å². The van der Waals surface area contributed by atoms with Crippen molar-refractivity contribution in [2.75, 3.05) is 11.9 Å². The Bertz CT molecular complexity index is 359. The molecule has 18 heavy (non-hydrogen) atoms. The summed E-state index contributed by atoms with van der Waals surface area (Å²) in [7, 11) is 0. The van der Waals surface area contributed by atoms with E-state index < -0.39 is 0 Å². The minimum atomic E-state index is -0.313. The zero-order chi connectivity index (χ0) is 13.4. The monoisotopic (exact) mass is 249 g/mol. The number of hydrogen-bond donors (Lipinski definition) is 1. The van der Waals surface area contributed by atoms with Gasteiger partial charge in [-0.3, -0.25) is 0 Å². The van der Waals surface area contributed by atoms with Gasteiger partial charge < -0.3 is 10.1 Å². The van der Waals surface area contributed by atoms with Crippen molar-refractivity contribution >= 4 is 11.7 Å². The van der Waals surface area contributed by atoms with Crippen LogP contribution in [0.4, 0.5) is 5.69 Å². The molecule has 0 spiro atoms. The molecule has 3 nitrogen and oxygen atoms in total. The third-order valence-corrected chi connectivity index (χ3v) is 2.80. The first-order chi connectivity index (χ1) is 8.67.